The molecule has 0 unspecified atom stereocenters. The molecule has 0 aliphatic rings. The van der Waals surface area contributed by atoms with E-state index in [-0.39, 0.29) is 5.68 Å². The molecule has 1 nitrogen and oxygen atoms in total. The number of benzene rings is 1. The van der Waals surface area contributed by atoms with Crippen LogP contribution in [0.15, 0.2) is 18.7 Å². The molecule has 1 aromatic rings. The van der Waals surface area contributed by atoms with Crippen LogP contribution in [0.5, 0.6) is 0 Å². The van der Waals surface area contributed by atoms with Gasteiger partial charge in [0.25, 0.3) is 0 Å². The minimum Gasteiger partial charge on any atom is -0.311 e. The Hall–Kier alpha value is -0.665. The molecule has 0 aliphatic heterocycles. The van der Waals surface area contributed by atoms with Gasteiger partial charge in [-0.05, 0) is 54.3 Å². The largest absolute Gasteiger partial charge is 0.311 e. The fourth-order valence-electron chi connectivity index (χ4n) is 2.13. The van der Waals surface area contributed by atoms with Gasteiger partial charge in [-0.15, -0.1) is 0 Å². The van der Waals surface area contributed by atoms with Crippen molar-refractivity contribution in [1.82, 2.24) is 0 Å². The monoisotopic (exact) mass is 411 g/mol. The van der Waals surface area contributed by atoms with Crippen LogP contribution in [0, 0.1) is 19.3 Å². The summed E-state index contributed by atoms with van der Waals surface area (Å²) in [6.45, 7) is 24.3. The minimum atomic E-state index is -0.484. The Balaban J connectivity index is -0.000000725. The molecule has 0 heterocycles. The zero-order chi connectivity index (χ0) is 22.2. The number of hydrogen-bond acceptors (Lipinski definition) is 2. The first kappa shape index (κ1) is 31.0. The number of allylic oxidation sites excluding steroid dienone is 1. The molecular formula is C23H41BClOS. The van der Waals surface area contributed by atoms with Gasteiger partial charge < -0.3 is 4.79 Å². The number of carbonyl (C=O) groups excluding carboxylic acids is 1. The van der Waals surface area contributed by atoms with Crippen molar-refractivity contribution >= 4 is 42.8 Å². The number of carbonyl (C=O) groups is 1. The van der Waals surface area contributed by atoms with Gasteiger partial charge in [-0.1, -0.05) is 86.1 Å². The summed E-state index contributed by atoms with van der Waals surface area (Å²) in [5, 5.41) is 0.694. The fourth-order valence-corrected chi connectivity index (χ4v) is 2.64. The van der Waals surface area contributed by atoms with Crippen LogP contribution < -0.4 is 0 Å². The SMILES string of the molecule is C=C(CC(C)(C)C(=O)[B]CS)c1cc(C)c(C)cc1Cl.CC.CC.CCC. The summed E-state index contributed by atoms with van der Waals surface area (Å²) in [7, 11) is 1.61. The van der Waals surface area contributed by atoms with Crippen LogP contribution in [-0.4, -0.2) is 18.6 Å². The highest BCUT2D eigenvalue weighted by atomic mass is 35.5. The van der Waals surface area contributed by atoms with Crippen LogP contribution in [0.25, 0.3) is 5.57 Å². The smallest absolute Gasteiger partial charge is 0.214 e. The summed E-state index contributed by atoms with van der Waals surface area (Å²) < 4.78 is 0. The number of halogens is 1. The van der Waals surface area contributed by atoms with Crippen molar-refractivity contribution in [1.29, 1.82) is 0 Å². The van der Waals surface area contributed by atoms with Gasteiger partial charge in [0.05, 0.1) is 5.68 Å². The van der Waals surface area contributed by atoms with Crippen LogP contribution in [0.3, 0.4) is 0 Å². The standard InChI is InChI=1S/C16H21BClOS.C3H8.2C2H6/c1-10-6-13(14(18)7-11(10)2)12(3)8-16(4,5)15(19)17-9-20;1-3-2;2*1-2/h6-7,20H,3,8-9H2,1-2,4-5H3;3H2,1-2H3;2*1-2H3. The summed E-state index contributed by atoms with van der Waals surface area (Å²) in [5.41, 5.74) is 4.22. The molecular weight excluding hydrogens is 371 g/mol. The van der Waals surface area contributed by atoms with Gasteiger partial charge in [0, 0.05) is 10.4 Å². The highest BCUT2D eigenvalue weighted by Crippen LogP contribution is 2.34. The first-order valence-corrected chi connectivity index (χ1v) is 11.0. The number of hydrogen-bond donors (Lipinski definition) is 1. The third-order valence-electron chi connectivity index (χ3n) is 3.56. The van der Waals surface area contributed by atoms with E-state index in [1.54, 1.807) is 7.28 Å². The van der Waals surface area contributed by atoms with Crippen molar-refractivity contribution in [2.24, 2.45) is 5.41 Å². The molecule has 4 heteroatoms. The molecule has 0 saturated heterocycles. The fraction of sp³-hybridized carbons (Fsp3) is 0.609. The predicted molar refractivity (Wildman–Crippen MR) is 132 cm³/mol. The van der Waals surface area contributed by atoms with Crippen LogP contribution in [0.1, 0.15) is 84.9 Å². The van der Waals surface area contributed by atoms with E-state index in [0.717, 1.165) is 16.7 Å². The Morgan fingerprint density at radius 2 is 1.52 bits per heavy atom. The Kier molecular flexibility index (Phi) is 20.0. The normalized spacial score (nSPS) is 9.48. The van der Waals surface area contributed by atoms with Crippen molar-refractivity contribution in [3.05, 3.63) is 40.4 Å². The van der Waals surface area contributed by atoms with E-state index in [0.29, 0.717) is 17.1 Å². The quantitative estimate of drug-likeness (QED) is 0.371. The second kappa shape index (κ2) is 17.4. The zero-order valence-corrected chi connectivity index (χ0v) is 20.9. The molecule has 1 rings (SSSR count). The summed E-state index contributed by atoms with van der Waals surface area (Å²) in [5.74, 6) is 0. The van der Waals surface area contributed by atoms with E-state index in [2.05, 4.69) is 33.1 Å². The van der Waals surface area contributed by atoms with Crippen LogP contribution >= 0.6 is 24.2 Å². The molecule has 0 spiro atoms. The maximum Gasteiger partial charge on any atom is 0.214 e. The number of rotatable bonds is 6. The van der Waals surface area contributed by atoms with Crippen molar-refractivity contribution in [2.75, 3.05) is 5.65 Å². The number of aryl methyl sites for hydroxylation is 2. The lowest BCUT2D eigenvalue weighted by atomic mass is 9.62. The second-order valence-electron chi connectivity index (χ2n) is 6.54. The third-order valence-corrected chi connectivity index (χ3v) is 4.06. The van der Waals surface area contributed by atoms with Gasteiger partial charge in [0.1, 0.15) is 0 Å². The molecule has 0 N–H and O–H groups in total. The zero-order valence-electron chi connectivity index (χ0n) is 19.3. The van der Waals surface area contributed by atoms with Gasteiger partial charge >= 0.3 is 0 Å². The maximum absolute atomic E-state index is 12.1. The van der Waals surface area contributed by atoms with Gasteiger partial charge in [-0.25, -0.2) is 0 Å². The maximum atomic E-state index is 12.1. The third kappa shape index (κ3) is 12.4. The van der Waals surface area contributed by atoms with Crippen molar-refractivity contribution in [3.63, 3.8) is 0 Å². The summed E-state index contributed by atoms with van der Waals surface area (Å²) in [6, 6.07) is 3.99. The van der Waals surface area contributed by atoms with Gasteiger partial charge in [-0.2, -0.15) is 12.6 Å². The Bertz CT molecular complexity index is 554. The van der Waals surface area contributed by atoms with Gasteiger partial charge in [0.15, 0.2) is 0 Å². The van der Waals surface area contributed by atoms with E-state index >= 15 is 0 Å². The first-order valence-electron chi connectivity index (χ1n) is 10.0. The van der Waals surface area contributed by atoms with Gasteiger partial charge in [0.2, 0.25) is 7.28 Å². The van der Waals surface area contributed by atoms with Crippen LogP contribution in [-0.2, 0) is 4.79 Å². The Labute approximate surface area is 181 Å². The lowest BCUT2D eigenvalue weighted by Crippen LogP contribution is -2.30. The van der Waals surface area contributed by atoms with Crippen molar-refractivity contribution in [3.8, 4) is 0 Å². The van der Waals surface area contributed by atoms with E-state index in [1.807, 2.05) is 67.5 Å². The molecule has 1 aromatic carbocycles. The molecule has 0 atom stereocenters. The molecule has 155 valence electrons. The molecule has 0 aromatic heterocycles. The van der Waals surface area contributed by atoms with Crippen molar-refractivity contribution in [2.45, 2.75) is 82.1 Å². The van der Waals surface area contributed by atoms with E-state index in [1.165, 1.54) is 12.0 Å². The van der Waals surface area contributed by atoms with Crippen LogP contribution in [0.4, 0.5) is 0 Å². The molecule has 1 radical (unpaired) electrons. The van der Waals surface area contributed by atoms with Gasteiger partial charge in [-0.3, -0.25) is 0 Å². The Morgan fingerprint density at radius 3 is 1.93 bits per heavy atom. The summed E-state index contributed by atoms with van der Waals surface area (Å²) in [4.78, 5) is 12.1. The van der Waals surface area contributed by atoms with E-state index < -0.39 is 5.41 Å². The van der Waals surface area contributed by atoms with Crippen LogP contribution in [0.2, 0.25) is 5.02 Å². The molecule has 0 saturated carbocycles. The Morgan fingerprint density at radius 1 is 1.11 bits per heavy atom. The average Bonchev–Trinajstić information content (AvgIpc) is 2.62. The highest BCUT2D eigenvalue weighted by molar-refractivity contribution is 7.82. The summed E-state index contributed by atoms with van der Waals surface area (Å²) >= 11 is 10.4. The molecule has 0 aliphatic carbocycles. The van der Waals surface area contributed by atoms with E-state index in [9.17, 15) is 4.79 Å². The highest BCUT2D eigenvalue weighted by Gasteiger charge is 2.28. The predicted octanol–water partition coefficient (Wildman–Crippen LogP) is 7.97. The molecule has 0 bridgehead atoms. The lowest BCUT2D eigenvalue weighted by Gasteiger charge is -2.25. The summed E-state index contributed by atoms with van der Waals surface area (Å²) in [6.07, 6.45) is 1.83. The average molecular weight is 412 g/mol. The van der Waals surface area contributed by atoms with E-state index in [4.69, 9.17) is 11.6 Å². The first-order chi connectivity index (χ1) is 12.6. The van der Waals surface area contributed by atoms with Crippen molar-refractivity contribution < 1.29 is 4.79 Å². The molecule has 0 amide bonds. The number of thiol groups is 1. The molecule has 27 heavy (non-hydrogen) atoms. The molecule has 0 fully saturated rings. The second-order valence-corrected chi connectivity index (χ2v) is 7.31. The lowest BCUT2D eigenvalue weighted by molar-refractivity contribution is -0.119. The topological polar surface area (TPSA) is 17.1 Å². The minimum absolute atomic E-state index is 0.0913.